The van der Waals surface area contributed by atoms with Crippen molar-refractivity contribution in [3.05, 3.63) is 101 Å². The minimum atomic E-state index is -3.24. The molecule has 5 nitrogen and oxygen atoms in total. The molecule has 6 rings (SSSR count). The number of aromatic nitrogens is 2. The predicted octanol–water partition coefficient (Wildman–Crippen LogP) is 6.05. The highest BCUT2D eigenvalue weighted by Gasteiger charge is 2.62. The first kappa shape index (κ1) is 23.8. The SMILES string of the molecule is Cc1c([C@@H]2[C@@H]3OCC(F)(F)[C@@H]3O[C@H]2c2cc(OCc3ccccc3)c3cnccc3n2)ccc(F)c1F. The number of rotatable bonds is 5. The zero-order valence-electron chi connectivity index (χ0n) is 19.7. The Balaban J connectivity index is 1.45. The van der Waals surface area contributed by atoms with E-state index in [-0.39, 0.29) is 12.2 Å². The number of pyridine rings is 2. The molecule has 0 spiro atoms. The Hall–Kier alpha value is -3.56. The van der Waals surface area contributed by atoms with Crippen LogP contribution in [0.1, 0.15) is 34.4 Å². The molecule has 0 aliphatic carbocycles. The highest BCUT2D eigenvalue weighted by molar-refractivity contribution is 5.84. The van der Waals surface area contributed by atoms with Crippen molar-refractivity contribution in [1.82, 2.24) is 9.97 Å². The number of fused-ring (bicyclic) bond motifs is 2. The first-order chi connectivity index (χ1) is 17.8. The smallest absolute Gasteiger partial charge is 0.299 e. The second-order valence-corrected chi connectivity index (χ2v) is 9.33. The fraction of sp³-hybridized carbons (Fsp3) is 0.286. The first-order valence-corrected chi connectivity index (χ1v) is 11.8. The first-order valence-electron chi connectivity index (χ1n) is 11.8. The van der Waals surface area contributed by atoms with Gasteiger partial charge in [0.25, 0.3) is 5.92 Å². The molecule has 2 aromatic carbocycles. The highest BCUT2D eigenvalue weighted by Crippen LogP contribution is 2.54. The summed E-state index contributed by atoms with van der Waals surface area (Å²) in [7, 11) is 0. The molecule has 2 aromatic heterocycles. The summed E-state index contributed by atoms with van der Waals surface area (Å²) in [6.45, 7) is 0.869. The molecule has 190 valence electrons. The second-order valence-electron chi connectivity index (χ2n) is 9.33. The molecule has 0 radical (unpaired) electrons. The standard InChI is InChI=1S/C28H22F4N2O3/c1-15-17(7-8-19(29)24(15)30)23-25(37-27-26(23)36-14-28(27,31)32)21-11-22(18-12-33-10-9-20(18)34-21)35-13-16-5-3-2-4-6-16/h2-12,23,25-27H,13-14H2,1H3/t23-,25-,26-,27+/m0/s1. The topological polar surface area (TPSA) is 53.5 Å². The van der Waals surface area contributed by atoms with Crippen LogP contribution < -0.4 is 4.74 Å². The summed E-state index contributed by atoms with van der Waals surface area (Å²) in [5, 5.41) is 0.641. The van der Waals surface area contributed by atoms with Gasteiger partial charge in [-0.25, -0.2) is 22.5 Å². The van der Waals surface area contributed by atoms with Crippen molar-refractivity contribution in [1.29, 1.82) is 0 Å². The van der Waals surface area contributed by atoms with E-state index in [0.717, 1.165) is 11.6 Å². The second kappa shape index (κ2) is 9.08. The van der Waals surface area contributed by atoms with Gasteiger partial charge in [0, 0.05) is 24.4 Å². The molecule has 0 N–H and O–H groups in total. The third-order valence-electron chi connectivity index (χ3n) is 7.02. The van der Waals surface area contributed by atoms with E-state index < -0.39 is 48.4 Å². The van der Waals surface area contributed by atoms with Crippen LogP contribution in [0.15, 0.2) is 67.0 Å². The number of nitrogens with zero attached hydrogens (tertiary/aromatic N) is 2. The van der Waals surface area contributed by atoms with Gasteiger partial charge in [0.05, 0.1) is 22.7 Å². The fourth-order valence-corrected chi connectivity index (χ4v) is 5.18. The van der Waals surface area contributed by atoms with Crippen LogP contribution in [0.5, 0.6) is 5.75 Å². The number of ether oxygens (including phenoxy) is 3. The average Bonchev–Trinajstić information content (AvgIpc) is 3.43. The molecule has 2 fully saturated rings. The Labute approximate surface area is 210 Å². The molecule has 37 heavy (non-hydrogen) atoms. The zero-order chi connectivity index (χ0) is 25.7. The summed E-state index contributed by atoms with van der Waals surface area (Å²) in [4.78, 5) is 8.85. The molecule has 0 amide bonds. The van der Waals surface area contributed by atoms with E-state index in [1.165, 1.54) is 13.0 Å². The molecule has 4 heterocycles. The van der Waals surface area contributed by atoms with Crippen molar-refractivity contribution in [2.75, 3.05) is 6.61 Å². The van der Waals surface area contributed by atoms with Gasteiger partial charge in [-0.3, -0.25) is 4.98 Å². The summed E-state index contributed by atoms with van der Waals surface area (Å²) < 4.78 is 75.5. The molecule has 0 bridgehead atoms. The minimum absolute atomic E-state index is 0.0172. The van der Waals surface area contributed by atoms with E-state index in [9.17, 15) is 17.6 Å². The molecule has 4 atom stereocenters. The molecule has 2 aliphatic heterocycles. The fourth-order valence-electron chi connectivity index (χ4n) is 5.18. The molecule has 0 saturated carbocycles. The number of hydrogen-bond donors (Lipinski definition) is 0. The van der Waals surface area contributed by atoms with Crippen molar-refractivity contribution in [3.63, 3.8) is 0 Å². The molecule has 9 heteroatoms. The maximum absolute atomic E-state index is 14.7. The molecule has 4 aromatic rings. The van der Waals surface area contributed by atoms with E-state index in [0.29, 0.717) is 27.9 Å². The number of hydrogen-bond acceptors (Lipinski definition) is 5. The van der Waals surface area contributed by atoms with Gasteiger partial charge in [-0.1, -0.05) is 36.4 Å². The number of alkyl halides is 2. The summed E-state index contributed by atoms with van der Waals surface area (Å²) in [5.41, 5.74) is 2.14. The van der Waals surface area contributed by atoms with Crippen LogP contribution in [-0.2, 0) is 16.1 Å². The largest absolute Gasteiger partial charge is 0.488 e. The van der Waals surface area contributed by atoms with Crippen LogP contribution in [0.3, 0.4) is 0 Å². The van der Waals surface area contributed by atoms with Gasteiger partial charge >= 0.3 is 0 Å². The molecule has 2 aliphatic rings. The maximum atomic E-state index is 14.7. The maximum Gasteiger partial charge on any atom is 0.299 e. The predicted molar refractivity (Wildman–Crippen MR) is 126 cm³/mol. The van der Waals surface area contributed by atoms with Crippen molar-refractivity contribution in [3.8, 4) is 5.75 Å². The highest BCUT2D eigenvalue weighted by atomic mass is 19.3. The van der Waals surface area contributed by atoms with E-state index in [4.69, 9.17) is 14.2 Å². The number of halogens is 4. The third-order valence-corrected chi connectivity index (χ3v) is 7.02. The zero-order valence-corrected chi connectivity index (χ0v) is 19.7. The van der Waals surface area contributed by atoms with Gasteiger partial charge in [-0.15, -0.1) is 0 Å². The Bertz CT molecular complexity index is 1470. The van der Waals surface area contributed by atoms with Crippen LogP contribution in [-0.4, -0.2) is 34.7 Å². The van der Waals surface area contributed by atoms with E-state index in [1.807, 2.05) is 30.3 Å². The molecule has 0 unspecified atom stereocenters. The lowest BCUT2D eigenvalue weighted by Gasteiger charge is -2.25. The van der Waals surface area contributed by atoms with Gasteiger partial charge in [0.15, 0.2) is 17.7 Å². The Kier molecular flexibility index (Phi) is 5.84. The van der Waals surface area contributed by atoms with Crippen molar-refractivity contribution in [2.24, 2.45) is 0 Å². The average molecular weight is 510 g/mol. The minimum Gasteiger partial charge on any atom is -0.488 e. The van der Waals surface area contributed by atoms with Gasteiger partial charge in [-0.2, -0.15) is 0 Å². The summed E-state index contributed by atoms with van der Waals surface area (Å²) in [6, 6.07) is 15.3. The van der Waals surface area contributed by atoms with Crippen LogP contribution in [0.25, 0.3) is 10.9 Å². The van der Waals surface area contributed by atoms with Crippen molar-refractivity contribution < 1.29 is 31.8 Å². The van der Waals surface area contributed by atoms with Crippen LogP contribution in [0.2, 0.25) is 0 Å². The third kappa shape index (κ3) is 4.12. The summed E-state index contributed by atoms with van der Waals surface area (Å²) in [6.07, 6.45) is -0.448. The van der Waals surface area contributed by atoms with Crippen LogP contribution in [0, 0.1) is 18.6 Å². The lowest BCUT2D eigenvalue weighted by atomic mass is 9.84. The molecular weight excluding hydrogens is 488 g/mol. The van der Waals surface area contributed by atoms with Crippen LogP contribution >= 0.6 is 0 Å². The van der Waals surface area contributed by atoms with Crippen molar-refractivity contribution in [2.45, 2.75) is 43.7 Å². The molecular formula is C28H22F4N2O3. The lowest BCUT2D eigenvalue weighted by molar-refractivity contribution is -0.116. The van der Waals surface area contributed by atoms with Gasteiger partial charge in [0.1, 0.15) is 25.1 Å². The monoisotopic (exact) mass is 510 g/mol. The Morgan fingerprint density at radius 1 is 1.08 bits per heavy atom. The Morgan fingerprint density at radius 3 is 2.70 bits per heavy atom. The summed E-state index contributed by atoms with van der Waals surface area (Å²) in [5.74, 6) is -5.68. The molecule has 2 saturated heterocycles. The van der Waals surface area contributed by atoms with E-state index in [1.54, 1.807) is 24.5 Å². The Morgan fingerprint density at radius 2 is 1.89 bits per heavy atom. The summed E-state index contributed by atoms with van der Waals surface area (Å²) >= 11 is 0. The van der Waals surface area contributed by atoms with Gasteiger partial charge < -0.3 is 14.2 Å². The number of benzene rings is 2. The van der Waals surface area contributed by atoms with E-state index in [2.05, 4.69) is 9.97 Å². The van der Waals surface area contributed by atoms with Gasteiger partial charge in [0.2, 0.25) is 0 Å². The van der Waals surface area contributed by atoms with Crippen LogP contribution in [0.4, 0.5) is 17.6 Å². The quantitative estimate of drug-likeness (QED) is 0.306. The normalized spacial score (nSPS) is 24.4. The lowest BCUT2D eigenvalue weighted by Crippen LogP contribution is -2.34. The van der Waals surface area contributed by atoms with E-state index >= 15 is 0 Å². The van der Waals surface area contributed by atoms with Crippen molar-refractivity contribution >= 4 is 10.9 Å². The van der Waals surface area contributed by atoms with Gasteiger partial charge in [-0.05, 0) is 35.7 Å².